The maximum Gasteiger partial charge on any atom is 1.00 e. The van der Waals surface area contributed by atoms with Gasteiger partial charge in [0, 0.05) is 0 Å². The molecule has 6 heteroatoms. The predicted molar refractivity (Wildman–Crippen MR) is 35.2 cm³/mol. The van der Waals surface area contributed by atoms with E-state index in [1.165, 1.54) is 6.92 Å². The molecule has 0 amide bonds. The van der Waals surface area contributed by atoms with E-state index in [-0.39, 0.29) is 37.4 Å². The molecule has 0 heterocycles. The number of carboxylic acid groups (broad SMARTS) is 2. The van der Waals surface area contributed by atoms with Gasteiger partial charge in [0.1, 0.15) is 5.92 Å². The summed E-state index contributed by atoms with van der Waals surface area (Å²) in [6.07, 6.45) is 0.000463. The van der Waals surface area contributed by atoms with Crippen molar-refractivity contribution < 1.29 is 55.6 Å². The van der Waals surface area contributed by atoms with Gasteiger partial charge >= 0.3 is 41.5 Å². The standard InChI is InChI=1S/C6H8O5.Na.H/c1-2-3(5(8)9)4(7)6(10)11;;/h3H,2H2,1H3,(H,8,9)(H,10,11);;/q;+1;-1. The number of ketones is 1. The van der Waals surface area contributed by atoms with Crippen LogP contribution in [0.5, 0.6) is 0 Å². The molecule has 0 aromatic rings. The van der Waals surface area contributed by atoms with E-state index in [0.29, 0.717) is 0 Å². The van der Waals surface area contributed by atoms with Gasteiger partial charge in [0.25, 0.3) is 5.78 Å². The fraction of sp³-hybridized carbons (Fsp3) is 0.500. The van der Waals surface area contributed by atoms with Crippen LogP contribution in [0.2, 0.25) is 0 Å². The van der Waals surface area contributed by atoms with Crippen LogP contribution in [-0.2, 0) is 14.4 Å². The summed E-state index contributed by atoms with van der Waals surface area (Å²) in [5.74, 6) is -5.76. The first-order valence-corrected chi connectivity index (χ1v) is 3.00. The van der Waals surface area contributed by atoms with Crippen molar-refractivity contribution >= 4 is 17.7 Å². The summed E-state index contributed by atoms with van der Waals surface area (Å²) in [4.78, 5) is 30.7. The number of hydrogen-bond acceptors (Lipinski definition) is 3. The molecular formula is C6H9NaO5. The van der Waals surface area contributed by atoms with Gasteiger partial charge in [-0.05, 0) is 6.42 Å². The monoisotopic (exact) mass is 184 g/mol. The maximum absolute atomic E-state index is 10.5. The van der Waals surface area contributed by atoms with Gasteiger partial charge in [0.2, 0.25) is 0 Å². The minimum Gasteiger partial charge on any atom is -1.00 e. The van der Waals surface area contributed by atoms with Crippen molar-refractivity contribution in [3.63, 3.8) is 0 Å². The molecule has 0 aromatic heterocycles. The van der Waals surface area contributed by atoms with Crippen LogP contribution < -0.4 is 29.6 Å². The molecule has 1 atom stereocenters. The Hall–Kier alpha value is -0.390. The molecule has 12 heavy (non-hydrogen) atoms. The minimum atomic E-state index is -1.70. The van der Waals surface area contributed by atoms with Crippen LogP contribution in [0.4, 0.5) is 0 Å². The van der Waals surface area contributed by atoms with E-state index in [1.54, 1.807) is 0 Å². The fourth-order valence-electron chi connectivity index (χ4n) is 0.621. The summed E-state index contributed by atoms with van der Waals surface area (Å²) in [5.41, 5.74) is 0. The molecule has 0 radical (unpaired) electrons. The molecule has 0 bridgehead atoms. The molecule has 1 unspecified atom stereocenters. The average Bonchev–Trinajstić information content (AvgIpc) is 1.88. The summed E-state index contributed by atoms with van der Waals surface area (Å²) < 4.78 is 0. The second-order valence-corrected chi connectivity index (χ2v) is 1.97. The largest absolute Gasteiger partial charge is 1.00 e. The topological polar surface area (TPSA) is 91.7 Å². The van der Waals surface area contributed by atoms with Crippen LogP contribution >= 0.6 is 0 Å². The molecule has 0 rings (SSSR count). The third-order valence-corrected chi connectivity index (χ3v) is 1.23. The quantitative estimate of drug-likeness (QED) is 0.274. The number of carboxylic acids is 2. The van der Waals surface area contributed by atoms with Crippen molar-refractivity contribution in [2.24, 2.45) is 5.92 Å². The van der Waals surface area contributed by atoms with Crippen LogP contribution in [0.15, 0.2) is 0 Å². The normalized spacial score (nSPS) is 11.1. The summed E-state index contributed by atoms with van der Waals surface area (Å²) in [5, 5.41) is 16.4. The van der Waals surface area contributed by atoms with Crippen molar-refractivity contribution in [2.75, 3.05) is 0 Å². The molecule has 0 fully saturated rings. The predicted octanol–water partition coefficient (Wildman–Crippen LogP) is -3.13. The number of rotatable bonds is 4. The van der Waals surface area contributed by atoms with Crippen molar-refractivity contribution in [3.05, 3.63) is 0 Å². The van der Waals surface area contributed by atoms with E-state index in [1.807, 2.05) is 0 Å². The zero-order valence-corrected chi connectivity index (χ0v) is 8.90. The minimum absolute atomic E-state index is 0. The average molecular weight is 184 g/mol. The second-order valence-electron chi connectivity index (χ2n) is 1.97. The van der Waals surface area contributed by atoms with Crippen LogP contribution in [0.25, 0.3) is 0 Å². The Kier molecular flexibility index (Phi) is 7.27. The number of carbonyl (C=O) groups is 3. The van der Waals surface area contributed by atoms with Gasteiger partial charge in [0.05, 0.1) is 0 Å². The maximum atomic E-state index is 10.5. The number of hydrogen-bond donors (Lipinski definition) is 2. The van der Waals surface area contributed by atoms with Crippen molar-refractivity contribution in [1.29, 1.82) is 0 Å². The number of aliphatic carboxylic acids is 2. The Bertz CT molecular complexity index is 205. The zero-order chi connectivity index (χ0) is 9.02. The molecule has 0 spiro atoms. The van der Waals surface area contributed by atoms with Crippen molar-refractivity contribution in [2.45, 2.75) is 13.3 Å². The fourth-order valence-corrected chi connectivity index (χ4v) is 0.621. The summed E-state index contributed by atoms with van der Waals surface area (Å²) in [6, 6.07) is 0. The molecule has 64 valence electrons. The van der Waals surface area contributed by atoms with Crippen LogP contribution in [0.3, 0.4) is 0 Å². The van der Waals surface area contributed by atoms with Gasteiger partial charge in [-0.25, -0.2) is 4.79 Å². The van der Waals surface area contributed by atoms with E-state index in [4.69, 9.17) is 10.2 Å². The van der Waals surface area contributed by atoms with Crippen molar-refractivity contribution in [1.82, 2.24) is 0 Å². The molecule has 0 saturated heterocycles. The van der Waals surface area contributed by atoms with E-state index >= 15 is 0 Å². The summed E-state index contributed by atoms with van der Waals surface area (Å²) >= 11 is 0. The molecule has 0 aliphatic carbocycles. The van der Waals surface area contributed by atoms with Crippen LogP contribution in [0.1, 0.15) is 14.8 Å². The van der Waals surface area contributed by atoms with E-state index in [2.05, 4.69) is 0 Å². The molecule has 0 aromatic carbocycles. The third kappa shape index (κ3) is 3.85. The van der Waals surface area contributed by atoms with Gasteiger partial charge in [-0.3, -0.25) is 9.59 Å². The Morgan fingerprint density at radius 1 is 1.33 bits per heavy atom. The first-order valence-electron chi connectivity index (χ1n) is 3.00. The third-order valence-electron chi connectivity index (χ3n) is 1.23. The van der Waals surface area contributed by atoms with Crippen molar-refractivity contribution in [3.8, 4) is 0 Å². The molecule has 5 nitrogen and oxygen atoms in total. The number of Topliss-reactive ketones (excluding diaryl/α,β-unsaturated/α-hetero) is 1. The Labute approximate surface area is 92.5 Å². The summed E-state index contributed by atoms with van der Waals surface area (Å²) in [7, 11) is 0. The summed E-state index contributed by atoms with van der Waals surface area (Å²) in [6.45, 7) is 1.44. The van der Waals surface area contributed by atoms with E-state index in [9.17, 15) is 14.4 Å². The first kappa shape index (κ1) is 14.2. The van der Waals surface area contributed by atoms with E-state index < -0.39 is 23.6 Å². The van der Waals surface area contributed by atoms with Crippen LogP contribution in [0, 0.1) is 5.92 Å². The smallest absolute Gasteiger partial charge is 1.00 e. The molecule has 0 aliphatic rings. The van der Waals surface area contributed by atoms with Gasteiger partial charge in [-0.2, -0.15) is 0 Å². The Balaban J connectivity index is -0.000000500. The zero-order valence-electron chi connectivity index (χ0n) is 7.90. The van der Waals surface area contributed by atoms with E-state index in [0.717, 1.165) is 0 Å². The Morgan fingerprint density at radius 2 is 1.75 bits per heavy atom. The number of carbonyl (C=O) groups excluding carboxylic acids is 1. The molecule has 0 aliphatic heterocycles. The van der Waals surface area contributed by atoms with Gasteiger partial charge < -0.3 is 11.6 Å². The van der Waals surface area contributed by atoms with Crippen LogP contribution in [-0.4, -0.2) is 27.9 Å². The Morgan fingerprint density at radius 3 is 1.83 bits per heavy atom. The molecule has 0 saturated carbocycles. The van der Waals surface area contributed by atoms with Gasteiger partial charge in [-0.1, -0.05) is 6.92 Å². The van der Waals surface area contributed by atoms with Gasteiger partial charge in [0.15, 0.2) is 0 Å². The molecular weight excluding hydrogens is 175 g/mol. The first-order chi connectivity index (χ1) is 5.00. The SMILES string of the molecule is CCC(C(=O)O)C(=O)C(=O)O.[H-].[Na+]. The van der Waals surface area contributed by atoms with Gasteiger partial charge in [-0.15, -0.1) is 0 Å². The second kappa shape index (κ2) is 6.16. The molecule has 2 N–H and O–H groups in total.